The van der Waals surface area contributed by atoms with Gasteiger partial charge in [-0.05, 0) is 48.2 Å². The zero-order chi connectivity index (χ0) is 27.5. The largest absolute Gasteiger partial charge is 0.392 e. The summed E-state index contributed by atoms with van der Waals surface area (Å²) >= 11 is 1.75. The topological polar surface area (TPSA) is 117 Å². The van der Waals surface area contributed by atoms with E-state index in [9.17, 15) is 14.7 Å². The molecule has 206 valence electrons. The molecule has 39 heavy (non-hydrogen) atoms. The lowest BCUT2D eigenvalue weighted by Gasteiger charge is -2.36. The van der Waals surface area contributed by atoms with Crippen molar-refractivity contribution in [1.82, 2.24) is 5.48 Å². The second-order valence-corrected chi connectivity index (χ2v) is 10.5. The third-order valence-electron chi connectivity index (χ3n) is 6.44. The van der Waals surface area contributed by atoms with Crippen LogP contribution in [0.5, 0.6) is 0 Å². The van der Waals surface area contributed by atoms with Crippen molar-refractivity contribution in [3.05, 3.63) is 95.6 Å². The fourth-order valence-electron chi connectivity index (χ4n) is 4.30. The summed E-state index contributed by atoms with van der Waals surface area (Å²) in [6.45, 7) is -0.00234. The number of hydrogen-bond donors (Lipinski definition) is 4. The van der Waals surface area contributed by atoms with Crippen molar-refractivity contribution in [1.29, 1.82) is 0 Å². The Balaban J connectivity index is 1.39. The fourth-order valence-corrected chi connectivity index (χ4v) is 5.25. The summed E-state index contributed by atoms with van der Waals surface area (Å²) in [5.74, 6) is 0.189. The van der Waals surface area contributed by atoms with E-state index in [0.717, 1.165) is 22.4 Å². The molecule has 0 radical (unpaired) electrons. The summed E-state index contributed by atoms with van der Waals surface area (Å²) in [5.41, 5.74) is 5.00. The van der Waals surface area contributed by atoms with Crippen LogP contribution in [0.3, 0.4) is 0 Å². The highest BCUT2D eigenvalue weighted by Gasteiger charge is 2.32. The van der Waals surface area contributed by atoms with Gasteiger partial charge in [-0.1, -0.05) is 54.6 Å². The zero-order valence-electron chi connectivity index (χ0n) is 21.6. The number of nitrogens with one attached hydrogen (secondary N) is 2. The summed E-state index contributed by atoms with van der Waals surface area (Å²) in [6, 6.07) is 25.5. The quantitative estimate of drug-likeness (QED) is 0.102. The number of aliphatic hydroxyl groups is 1. The van der Waals surface area contributed by atoms with E-state index in [0.29, 0.717) is 24.9 Å². The van der Waals surface area contributed by atoms with Gasteiger partial charge in [-0.15, -0.1) is 11.8 Å². The number of amides is 2. The van der Waals surface area contributed by atoms with E-state index >= 15 is 0 Å². The Morgan fingerprint density at radius 3 is 2.18 bits per heavy atom. The Labute approximate surface area is 232 Å². The van der Waals surface area contributed by atoms with Crippen LogP contribution in [0.15, 0.2) is 83.8 Å². The van der Waals surface area contributed by atoms with Gasteiger partial charge in [-0.25, -0.2) is 5.48 Å². The van der Waals surface area contributed by atoms with Crippen LogP contribution in [-0.4, -0.2) is 34.0 Å². The molecule has 0 aliphatic carbocycles. The average Bonchev–Trinajstić information content (AvgIpc) is 2.99. The van der Waals surface area contributed by atoms with E-state index in [1.807, 2.05) is 66.7 Å². The highest BCUT2D eigenvalue weighted by molar-refractivity contribution is 7.99. The van der Waals surface area contributed by atoms with Gasteiger partial charge < -0.3 is 19.9 Å². The van der Waals surface area contributed by atoms with Crippen LogP contribution >= 0.6 is 11.8 Å². The van der Waals surface area contributed by atoms with Crippen LogP contribution in [-0.2, 0) is 25.7 Å². The molecule has 3 aromatic rings. The maximum Gasteiger partial charge on any atom is 0.243 e. The third kappa shape index (κ3) is 8.91. The molecule has 1 aliphatic rings. The molecule has 0 unspecified atom stereocenters. The van der Waals surface area contributed by atoms with Gasteiger partial charge in [0.15, 0.2) is 6.29 Å². The number of unbranched alkanes of at least 4 members (excludes halogenated alkanes) is 1. The molecule has 0 spiro atoms. The van der Waals surface area contributed by atoms with Gasteiger partial charge in [0.05, 0.1) is 18.8 Å². The molecule has 9 heteroatoms. The van der Waals surface area contributed by atoms with E-state index in [-0.39, 0.29) is 37.6 Å². The number of carbonyl (C=O) groups is 2. The van der Waals surface area contributed by atoms with E-state index < -0.39 is 12.2 Å². The van der Waals surface area contributed by atoms with Crippen LogP contribution < -0.4 is 10.8 Å². The molecule has 1 aliphatic heterocycles. The van der Waals surface area contributed by atoms with Crippen molar-refractivity contribution < 1.29 is 29.4 Å². The van der Waals surface area contributed by atoms with Gasteiger partial charge in [0.1, 0.15) is 0 Å². The summed E-state index contributed by atoms with van der Waals surface area (Å²) in [4.78, 5) is 24.5. The maximum atomic E-state index is 12.3. The first-order chi connectivity index (χ1) is 19.0. The summed E-state index contributed by atoms with van der Waals surface area (Å²) in [5, 5.41) is 20.8. The van der Waals surface area contributed by atoms with Crippen LogP contribution in [0.4, 0.5) is 5.69 Å². The van der Waals surface area contributed by atoms with Crippen molar-refractivity contribution in [2.24, 2.45) is 0 Å². The van der Waals surface area contributed by atoms with Gasteiger partial charge in [0.2, 0.25) is 11.8 Å². The second-order valence-electron chi connectivity index (χ2n) is 9.39. The van der Waals surface area contributed by atoms with Gasteiger partial charge in [0, 0.05) is 41.2 Å². The predicted octanol–water partition coefficient (Wildman–Crippen LogP) is 5.52. The second kappa shape index (κ2) is 14.8. The van der Waals surface area contributed by atoms with E-state index in [1.54, 1.807) is 17.2 Å². The zero-order valence-corrected chi connectivity index (χ0v) is 22.4. The number of anilines is 1. The number of benzene rings is 3. The molecule has 0 aromatic heterocycles. The summed E-state index contributed by atoms with van der Waals surface area (Å²) in [6.07, 6.45) is 1.47. The Morgan fingerprint density at radius 1 is 0.846 bits per heavy atom. The Hall–Kier alpha value is -3.21. The molecule has 2 amide bonds. The summed E-state index contributed by atoms with van der Waals surface area (Å²) in [7, 11) is 0. The standard InChI is InChI=1S/C30H34N2O6S/c33-19-21-10-12-22(13-11-21)27-18-25(20-39-26-6-2-1-3-7-26)37-30(38-27)23-14-16-24(17-15-23)31-28(34)8-4-5-9-29(35)32-36/h1-3,6-7,10-17,25,27,30,33,36H,4-5,8-9,18-20H2,(H,31,34)(H,32,35)/t25-,27+,30+/m1/s1. The Kier molecular flexibility index (Phi) is 10.9. The van der Waals surface area contributed by atoms with Gasteiger partial charge >= 0.3 is 0 Å². The predicted molar refractivity (Wildman–Crippen MR) is 149 cm³/mol. The third-order valence-corrected chi connectivity index (χ3v) is 7.59. The average molecular weight is 551 g/mol. The minimum absolute atomic E-state index is 0.00234. The van der Waals surface area contributed by atoms with E-state index in [1.165, 1.54) is 4.90 Å². The Bertz CT molecular complexity index is 1190. The molecule has 1 saturated heterocycles. The van der Waals surface area contributed by atoms with Crippen molar-refractivity contribution in [3.63, 3.8) is 0 Å². The minimum Gasteiger partial charge on any atom is -0.392 e. The molecule has 3 aromatic carbocycles. The van der Waals surface area contributed by atoms with Crippen LogP contribution in [0.1, 0.15) is 61.2 Å². The van der Waals surface area contributed by atoms with Crippen LogP contribution in [0.2, 0.25) is 0 Å². The number of hydrogen-bond acceptors (Lipinski definition) is 7. The van der Waals surface area contributed by atoms with Gasteiger partial charge in [0.25, 0.3) is 0 Å². The van der Waals surface area contributed by atoms with E-state index in [2.05, 4.69) is 17.4 Å². The molecule has 4 N–H and O–H groups in total. The number of hydroxylamine groups is 1. The molecule has 0 saturated carbocycles. The lowest BCUT2D eigenvalue weighted by Crippen LogP contribution is -2.31. The number of carbonyl (C=O) groups excluding carboxylic acids is 2. The monoisotopic (exact) mass is 550 g/mol. The molecule has 8 nitrogen and oxygen atoms in total. The van der Waals surface area contributed by atoms with Gasteiger partial charge in [-0.2, -0.15) is 0 Å². The number of thioether (sulfide) groups is 1. The SMILES string of the molecule is O=C(CCCCC(=O)Nc1ccc([C@H]2O[C@@H](CSc3ccccc3)C[C@@H](c3ccc(CO)cc3)O2)cc1)NO. The van der Waals surface area contributed by atoms with Gasteiger partial charge in [-0.3, -0.25) is 14.8 Å². The Morgan fingerprint density at radius 2 is 1.51 bits per heavy atom. The normalized spacial score (nSPS) is 18.9. The lowest BCUT2D eigenvalue weighted by molar-refractivity contribution is -0.245. The highest BCUT2D eigenvalue weighted by atomic mass is 32.2. The van der Waals surface area contributed by atoms with E-state index in [4.69, 9.17) is 14.7 Å². The number of aliphatic hydroxyl groups excluding tert-OH is 1. The fraction of sp³-hybridized carbons (Fsp3) is 0.333. The van der Waals surface area contributed by atoms with Crippen molar-refractivity contribution in [2.45, 2.75) is 62.1 Å². The molecule has 3 atom stereocenters. The first-order valence-electron chi connectivity index (χ1n) is 13.0. The maximum absolute atomic E-state index is 12.3. The molecule has 1 heterocycles. The van der Waals surface area contributed by atoms with Crippen LogP contribution in [0.25, 0.3) is 0 Å². The molecular weight excluding hydrogens is 516 g/mol. The van der Waals surface area contributed by atoms with Crippen molar-refractivity contribution >= 4 is 29.3 Å². The number of rotatable bonds is 12. The minimum atomic E-state index is -0.565. The molecular formula is C30H34N2O6S. The highest BCUT2D eigenvalue weighted by Crippen LogP contribution is 2.39. The van der Waals surface area contributed by atoms with Crippen molar-refractivity contribution in [2.75, 3.05) is 11.1 Å². The summed E-state index contributed by atoms with van der Waals surface area (Å²) < 4.78 is 12.8. The smallest absolute Gasteiger partial charge is 0.243 e. The first-order valence-corrected chi connectivity index (χ1v) is 14.0. The molecule has 4 rings (SSSR count). The lowest BCUT2D eigenvalue weighted by atomic mass is 10.0. The number of ether oxygens (including phenoxy) is 2. The van der Waals surface area contributed by atoms with Crippen LogP contribution in [0, 0.1) is 0 Å². The molecule has 1 fully saturated rings. The first kappa shape index (κ1) is 28.8. The van der Waals surface area contributed by atoms with Crippen molar-refractivity contribution in [3.8, 4) is 0 Å². The molecule has 0 bridgehead atoms.